The van der Waals surface area contributed by atoms with Gasteiger partial charge in [0.15, 0.2) is 5.82 Å². The Bertz CT molecular complexity index is 518. The molecule has 0 saturated heterocycles. The van der Waals surface area contributed by atoms with Crippen LogP contribution in [0.25, 0.3) is 11.5 Å². The van der Waals surface area contributed by atoms with Gasteiger partial charge in [-0.2, -0.15) is 5.10 Å². The van der Waals surface area contributed by atoms with Gasteiger partial charge < -0.3 is 5.11 Å². The molecule has 0 aliphatic carbocycles. The Kier molecular flexibility index (Phi) is 3.35. The van der Waals surface area contributed by atoms with E-state index in [0.29, 0.717) is 11.5 Å². The van der Waals surface area contributed by atoms with Crippen LogP contribution in [-0.4, -0.2) is 41.5 Å². The van der Waals surface area contributed by atoms with Gasteiger partial charge in [-0.05, 0) is 22.4 Å². The maximum absolute atomic E-state index is 10.9. The number of H-pyrrole nitrogens is 1. The number of aromatic amines is 1. The van der Waals surface area contributed by atoms with E-state index in [4.69, 9.17) is 5.11 Å². The highest BCUT2D eigenvalue weighted by molar-refractivity contribution is 5.67. The van der Waals surface area contributed by atoms with Crippen molar-refractivity contribution < 1.29 is 9.90 Å². The summed E-state index contributed by atoms with van der Waals surface area (Å²) in [6, 6.07) is 1.44. The fraction of sp³-hybridized carbons (Fsp3) is 0.500. The largest absolute Gasteiger partial charge is 0.481 e. The second-order valence-corrected chi connectivity index (χ2v) is 4.33. The molecule has 0 amide bonds. The minimum absolute atomic E-state index is 0.0240. The molecule has 2 heterocycles. The van der Waals surface area contributed by atoms with E-state index in [0.717, 1.165) is 0 Å². The van der Waals surface area contributed by atoms with Crippen molar-refractivity contribution in [2.45, 2.75) is 26.3 Å². The van der Waals surface area contributed by atoms with E-state index in [9.17, 15) is 4.79 Å². The molecule has 96 valence electrons. The number of hydrogen-bond donors (Lipinski definition) is 2. The number of hydrogen-bond acceptors (Lipinski definition) is 5. The molecule has 8 heteroatoms. The van der Waals surface area contributed by atoms with Crippen LogP contribution in [0, 0.1) is 5.92 Å². The fourth-order valence-corrected chi connectivity index (χ4v) is 1.76. The predicted octanol–water partition coefficient (Wildman–Crippen LogP) is 0.735. The maximum Gasteiger partial charge on any atom is 0.305 e. The summed E-state index contributed by atoms with van der Waals surface area (Å²) in [4.78, 5) is 10.9. The maximum atomic E-state index is 10.9. The molecule has 0 bridgehead atoms. The number of carboxylic acids is 1. The first-order chi connectivity index (χ1) is 8.59. The van der Waals surface area contributed by atoms with Gasteiger partial charge in [-0.1, -0.05) is 13.8 Å². The Morgan fingerprint density at radius 3 is 2.89 bits per heavy atom. The van der Waals surface area contributed by atoms with Crippen LogP contribution in [0.2, 0.25) is 0 Å². The smallest absolute Gasteiger partial charge is 0.305 e. The zero-order chi connectivity index (χ0) is 13.1. The van der Waals surface area contributed by atoms with Gasteiger partial charge in [0.1, 0.15) is 5.69 Å². The molecule has 0 fully saturated rings. The van der Waals surface area contributed by atoms with Crippen molar-refractivity contribution in [3.8, 4) is 11.5 Å². The molecular weight excluding hydrogens is 236 g/mol. The number of tetrazole rings is 1. The summed E-state index contributed by atoms with van der Waals surface area (Å²) in [5.74, 6) is -0.279. The van der Waals surface area contributed by atoms with Crippen molar-refractivity contribution >= 4 is 5.97 Å². The molecule has 8 nitrogen and oxygen atoms in total. The van der Waals surface area contributed by atoms with Crippen molar-refractivity contribution in [2.24, 2.45) is 5.92 Å². The summed E-state index contributed by atoms with van der Waals surface area (Å²) in [6.45, 7) is 3.87. The number of nitrogens with zero attached hydrogens (tertiary/aromatic N) is 5. The highest BCUT2D eigenvalue weighted by Gasteiger charge is 2.24. The van der Waals surface area contributed by atoms with Crippen LogP contribution in [0.15, 0.2) is 12.3 Å². The molecule has 2 aromatic rings. The highest BCUT2D eigenvalue weighted by Crippen LogP contribution is 2.25. The van der Waals surface area contributed by atoms with Crippen molar-refractivity contribution in [1.29, 1.82) is 0 Å². The summed E-state index contributed by atoms with van der Waals surface area (Å²) in [5, 5.41) is 27.0. The van der Waals surface area contributed by atoms with Crippen LogP contribution in [-0.2, 0) is 4.79 Å². The van der Waals surface area contributed by atoms with Crippen LogP contribution in [0.5, 0.6) is 0 Å². The lowest BCUT2D eigenvalue weighted by molar-refractivity contribution is -0.138. The first-order valence-corrected chi connectivity index (χ1v) is 5.59. The molecule has 2 N–H and O–H groups in total. The van der Waals surface area contributed by atoms with E-state index in [1.807, 2.05) is 13.8 Å². The van der Waals surface area contributed by atoms with Crippen LogP contribution >= 0.6 is 0 Å². The van der Waals surface area contributed by atoms with Crippen LogP contribution in [0.4, 0.5) is 0 Å². The number of rotatable bonds is 5. The van der Waals surface area contributed by atoms with Crippen LogP contribution in [0.3, 0.4) is 0 Å². The van der Waals surface area contributed by atoms with Crippen molar-refractivity contribution in [2.75, 3.05) is 0 Å². The molecule has 0 spiro atoms. The van der Waals surface area contributed by atoms with Gasteiger partial charge >= 0.3 is 5.97 Å². The van der Waals surface area contributed by atoms with E-state index in [1.54, 1.807) is 12.3 Å². The normalized spacial score (nSPS) is 12.8. The molecule has 1 unspecified atom stereocenters. The average molecular weight is 250 g/mol. The summed E-state index contributed by atoms with van der Waals surface area (Å²) in [7, 11) is 0. The molecule has 0 aromatic carbocycles. The molecule has 0 aliphatic heterocycles. The zero-order valence-corrected chi connectivity index (χ0v) is 10.1. The lowest BCUT2D eigenvalue weighted by atomic mass is 10.0. The van der Waals surface area contributed by atoms with Crippen LogP contribution in [0.1, 0.15) is 26.3 Å². The van der Waals surface area contributed by atoms with Gasteiger partial charge in [0, 0.05) is 6.20 Å². The molecule has 18 heavy (non-hydrogen) atoms. The highest BCUT2D eigenvalue weighted by atomic mass is 16.4. The number of aromatic nitrogens is 6. The van der Waals surface area contributed by atoms with E-state index in [1.165, 1.54) is 4.68 Å². The van der Waals surface area contributed by atoms with E-state index in [2.05, 4.69) is 25.7 Å². The molecule has 2 rings (SSSR count). The Labute approximate surface area is 103 Å². The Morgan fingerprint density at radius 2 is 2.33 bits per heavy atom. The van der Waals surface area contributed by atoms with Crippen molar-refractivity contribution in [3.05, 3.63) is 12.3 Å². The molecule has 0 saturated carbocycles. The Balaban J connectivity index is 2.37. The minimum Gasteiger partial charge on any atom is -0.481 e. The number of nitrogens with one attached hydrogen (secondary N) is 1. The lowest BCUT2D eigenvalue weighted by Gasteiger charge is -2.19. The van der Waals surface area contributed by atoms with Gasteiger partial charge in [0.05, 0.1) is 12.5 Å². The monoisotopic (exact) mass is 250 g/mol. The first-order valence-electron chi connectivity index (χ1n) is 5.59. The number of carbonyl (C=O) groups is 1. The topological polar surface area (TPSA) is 110 Å². The second kappa shape index (κ2) is 4.94. The predicted molar refractivity (Wildman–Crippen MR) is 61.5 cm³/mol. The van der Waals surface area contributed by atoms with Gasteiger partial charge in [0.25, 0.3) is 0 Å². The van der Waals surface area contributed by atoms with Gasteiger partial charge in [-0.15, -0.1) is 5.10 Å². The molecule has 2 aromatic heterocycles. The zero-order valence-electron chi connectivity index (χ0n) is 10.1. The van der Waals surface area contributed by atoms with Gasteiger partial charge in [-0.3, -0.25) is 9.89 Å². The molecule has 1 atom stereocenters. The fourth-order valence-electron chi connectivity index (χ4n) is 1.76. The van der Waals surface area contributed by atoms with Crippen molar-refractivity contribution in [1.82, 2.24) is 30.4 Å². The Morgan fingerprint density at radius 1 is 1.56 bits per heavy atom. The third-order valence-electron chi connectivity index (χ3n) is 2.70. The molecule has 0 aliphatic rings. The van der Waals surface area contributed by atoms with E-state index in [-0.39, 0.29) is 18.4 Å². The van der Waals surface area contributed by atoms with Gasteiger partial charge in [0.2, 0.25) is 0 Å². The molecule has 0 radical (unpaired) electrons. The standard InChI is InChI=1S/C10H14N6O2/c1-6(2)8(5-9(17)18)16-10(13-14-15-16)7-3-4-11-12-7/h3-4,6,8H,5H2,1-2H3,(H,11,12)(H,17,18). The number of aliphatic carboxylic acids is 1. The summed E-state index contributed by atoms with van der Waals surface area (Å²) >= 11 is 0. The summed E-state index contributed by atoms with van der Waals surface area (Å²) in [6.07, 6.45) is 1.57. The van der Waals surface area contributed by atoms with E-state index < -0.39 is 5.97 Å². The number of carboxylic acid groups (broad SMARTS) is 1. The first kappa shape index (κ1) is 12.2. The second-order valence-electron chi connectivity index (χ2n) is 4.33. The summed E-state index contributed by atoms with van der Waals surface area (Å²) in [5.41, 5.74) is 0.663. The van der Waals surface area contributed by atoms with Crippen LogP contribution < -0.4 is 0 Å². The summed E-state index contributed by atoms with van der Waals surface area (Å²) < 4.78 is 1.53. The Hall–Kier alpha value is -2.25. The quantitative estimate of drug-likeness (QED) is 0.809. The average Bonchev–Trinajstić information content (AvgIpc) is 2.95. The van der Waals surface area contributed by atoms with Crippen molar-refractivity contribution in [3.63, 3.8) is 0 Å². The molecular formula is C10H14N6O2. The SMILES string of the molecule is CC(C)C(CC(=O)O)n1nnnc1-c1ccn[nH]1. The minimum atomic E-state index is -0.875. The lowest BCUT2D eigenvalue weighted by Crippen LogP contribution is -2.21. The van der Waals surface area contributed by atoms with Gasteiger partial charge in [-0.25, -0.2) is 4.68 Å². The van der Waals surface area contributed by atoms with E-state index >= 15 is 0 Å². The third kappa shape index (κ3) is 2.36. The third-order valence-corrected chi connectivity index (χ3v) is 2.70.